The van der Waals surface area contributed by atoms with Crippen molar-refractivity contribution in [3.8, 4) is 5.75 Å². The van der Waals surface area contributed by atoms with Gasteiger partial charge in [0.15, 0.2) is 5.11 Å². The fourth-order valence-corrected chi connectivity index (χ4v) is 2.06. The van der Waals surface area contributed by atoms with Crippen LogP contribution in [-0.2, 0) is 4.74 Å². The summed E-state index contributed by atoms with van der Waals surface area (Å²) in [5.74, 6) is 0.832. The third-order valence-corrected chi connectivity index (χ3v) is 3.11. The van der Waals surface area contributed by atoms with Crippen molar-refractivity contribution in [3.05, 3.63) is 24.3 Å². The van der Waals surface area contributed by atoms with Crippen LogP contribution in [0.25, 0.3) is 0 Å². The summed E-state index contributed by atoms with van der Waals surface area (Å²) in [5.41, 5.74) is 0.945. The predicted octanol–water partition coefficient (Wildman–Crippen LogP) is 2.16. The van der Waals surface area contributed by atoms with Gasteiger partial charge in [0.05, 0.1) is 13.2 Å². The lowest BCUT2D eigenvalue weighted by atomic mass is 10.2. The summed E-state index contributed by atoms with van der Waals surface area (Å²) in [6, 6.07) is 7.65. The number of benzene rings is 1. The van der Waals surface area contributed by atoms with Crippen molar-refractivity contribution in [3.63, 3.8) is 0 Å². The molecule has 0 radical (unpaired) electrons. The minimum Gasteiger partial charge on any atom is -0.497 e. The number of rotatable bonds is 4. The van der Waals surface area contributed by atoms with Crippen molar-refractivity contribution in [2.24, 2.45) is 0 Å². The molecular formula is C13H18N2O2S. The van der Waals surface area contributed by atoms with Crippen LogP contribution >= 0.6 is 12.2 Å². The highest BCUT2D eigenvalue weighted by Gasteiger charge is 2.15. The molecule has 1 unspecified atom stereocenters. The van der Waals surface area contributed by atoms with Crippen LogP contribution in [0.2, 0.25) is 0 Å². The molecule has 1 aliphatic heterocycles. The highest BCUT2D eigenvalue weighted by molar-refractivity contribution is 7.80. The van der Waals surface area contributed by atoms with E-state index in [-0.39, 0.29) is 0 Å². The van der Waals surface area contributed by atoms with Crippen LogP contribution in [0, 0.1) is 0 Å². The molecule has 0 spiro atoms. The zero-order valence-corrected chi connectivity index (χ0v) is 11.3. The van der Waals surface area contributed by atoms with Gasteiger partial charge in [-0.2, -0.15) is 0 Å². The second-order valence-corrected chi connectivity index (χ2v) is 4.61. The molecule has 0 bridgehead atoms. The van der Waals surface area contributed by atoms with Crippen molar-refractivity contribution in [2.75, 3.05) is 25.6 Å². The second kappa shape index (κ2) is 6.56. The van der Waals surface area contributed by atoms with Gasteiger partial charge in [-0.05, 0) is 49.3 Å². The SMILES string of the molecule is COc1ccc(NC(=S)NCC2CCCO2)cc1. The van der Waals surface area contributed by atoms with E-state index in [0.29, 0.717) is 11.2 Å². The van der Waals surface area contributed by atoms with Crippen LogP contribution < -0.4 is 15.4 Å². The molecule has 1 fully saturated rings. The largest absolute Gasteiger partial charge is 0.497 e. The van der Waals surface area contributed by atoms with E-state index in [4.69, 9.17) is 21.7 Å². The maximum atomic E-state index is 5.52. The number of anilines is 1. The van der Waals surface area contributed by atoms with Crippen molar-refractivity contribution in [1.29, 1.82) is 0 Å². The van der Waals surface area contributed by atoms with Gasteiger partial charge in [0.1, 0.15) is 5.75 Å². The summed E-state index contributed by atoms with van der Waals surface area (Å²) >= 11 is 5.22. The molecule has 5 heteroatoms. The smallest absolute Gasteiger partial charge is 0.170 e. The number of thiocarbonyl (C=S) groups is 1. The minimum absolute atomic E-state index is 0.292. The first kappa shape index (κ1) is 13.1. The average Bonchev–Trinajstić information content (AvgIpc) is 2.90. The Hall–Kier alpha value is -1.33. The number of nitrogens with one attached hydrogen (secondary N) is 2. The summed E-state index contributed by atoms with van der Waals surface area (Å²) in [6.07, 6.45) is 2.55. The first-order valence-electron chi connectivity index (χ1n) is 6.08. The summed E-state index contributed by atoms with van der Waals surface area (Å²) in [4.78, 5) is 0. The molecular weight excluding hydrogens is 248 g/mol. The number of hydrogen-bond acceptors (Lipinski definition) is 3. The van der Waals surface area contributed by atoms with Gasteiger partial charge in [-0.25, -0.2) is 0 Å². The molecule has 1 atom stereocenters. The second-order valence-electron chi connectivity index (χ2n) is 4.20. The summed E-state index contributed by atoms with van der Waals surface area (Å²) in [7, 11) is 1.65. The molecule has 4 nitrogen and oxygen atoms in total. The highest BCUT2D eigenvalue weighted by atomic mass is 32.1. The lowest BCUT2D eigenvalue weighted by Crippen LogP contribution is -2.34. The quantitative estimate of drug-likeness (QED) is 0.818. The standard InChI is InChI=1S/C13H18N2O2S/c1-16-11-6-4-10(5-7-11)15-13(18)14-9-12-3-2-8-17-12/h4-7,12H,2-3,8-9H2,1H3,(H2,14,15,18). The Labute approximate surface area is 113 Å². The van der Waals surface area contributed by atoms with E-state index < -0.39 is 0 Å². The monoisotopic (exact) mass is 266 g/mol. The molecule has 0 amide bonds. The summed E-state index contributed by atoms with van der Waals surface area (Å²) in [6.45, 7) is 1.63. The zero-order chi connectivity index (χ0) is 12.8. The third-order valence-electron chi connectivity index (χ3n) is 2.86. The molecule has 1 saturated heterocycles. The Morgan fingerprint density at radius 1 is 1.44 bits per heavy atom. The Morgan fingerprint density at radius 3 is 2.83 bits per heavy atom. The lowest BCUT2D eigenvalue weighted by molar-refractivity contribution is 0.114. The highest BCUT2D eigenvalue weighted by Crippen LogP contribution is 2.15. The third kappa shape index (κ3) is 3.85. The summed E-state index contributed by atoms with van der Waals surface area (Å²) in [5, 5.41) is 6.91. The molecule has 2 N–H and O–H groups in total. The van der Waals surface area contributed by atoms with Crippen LogP contribution in [0.4, 0.5) is 5.69 Å². The minimum atomic E-state index is 0.292. The molecule has 1 aromatic carbocycles. The molecule has 18 heavy (non-hydrogen) atoms. The Balaban J connectivity index is 1.75. The van der Waals surface area contributed by atoms with Crippen LogP contribution in [0.5, 0.6) is 5.75 Å². The Kier molecular flexibility index (Phi) is 4.78. The number of hydrogen-bond donors (Lipinski definition) is 2. The maximum Gasteiger partial charge on any atom is 0.170 e. The van der Waals surface area contributed by atoms with Gasteiger partial charge in [0, 0.05) is 18.8 Å². The molecule has 2 rings (SSSR count). The summed E-state index contributed by atoms with van der Waals surface area (Å²) < 4.78 is 10.6. The maximum absolute atomic E-state index is 5.52. The van der Waals surface area contributed by atoms with E-state index in [0.717, 1.165) is 37.4 Å². The fourth-order valence-electron chi connectivity index (χ4n) is 1.86. The van der Waals surface area contributed by atoms with E-state index in [1.54, 1.807) is 7.11 Å². The van der Waals surface area contributed by atoms with Crippen LogP contribution in [-0.4, -0.2) is 31.5 Å². The topological polar surface area (TPSA) is 42.5 Å². The number of ether oxygens (including phenoxy) is 2. The van der Waals surface area contributed by atoms with Crippen LogP contribution in [0.15, 0.2) is 24.3 Å². The fraction of sp³-hybridized carbons (Fsp3) is 0.462. The van der Waals surface area contributed by atoms with Gasteiger partial charge < -0.3 is 20.1 Å². The van der Waals surface area contributed by atoms with Gasteiger partial charge in [-0.15, -0.1) is 0 Å². The zero-order valence-electron chi connectivity index (χ0n) is 10.4. The van der Waals surface area contributed by atoms with E-state index >= 15 is 0 Å². The van der Waals surface area contributed by atoms with Gasteiger partial charge in [0.25, 0.3) is 0 Å². The van der Waals surface area contributed by atoms with Crippen molar-refractivity contribution in [1.82, 2.24) is 5.32 Å². The van der Waals surface area contributed by atoms with Gasteiger partial charge in [-0.1, -0.05) is 0 Å². The van der Waals surface area contributed by atoms with E-state index in [1.807, 2.05) is 24.3 Å². The van der Waals surface area contributed by atoms with E-state index in [9.17, 15) is 0 Å². The van der Waals surface area contributed by atoms with Gasteiger partial charge in [-0.3, -0.25) is 0 Å². The molecule has 1 aliphatic rings. The Morgan fingerprint density at radius 2 is 2.22 bits per heavy atom. The van der Waals surface area contributed by atoms with Crippen molar-refractivity contribution >= 4 is 23.0 Å². The van der Waals surface area contributed by atoms with Crippen molar-refractivity contribution in [2.45, 2.75) is 18.9 Å². The van der Waals surface area contributed by atoms with Crippen LogP contribution in [0.1, 0.15) is 12.8 Å². The lowest BCUT2D eigenvalue weighted by Gasteiger charge is -2.14. The molecule has 0 aliphatic carbocycles. The normalized spacial score (nSPS) is 18.4. The van der Waals surface area contributed by atoms with Gasteiger partial charge in [0.2, 0.25) is 0 Å². The van der Waals surface area contributed by atoms with E-state index in [1.165, 1.54) is 0 Å². The van der Waals surface area contributed by atoms with Crippen molar-refractivity contribution < 1.29 is 9.47 Å². The molecule has 0 aromatic heterocycles. The van der Waals surface area contributed by atoms with Crippen LogP contribution in [0.3, 0.4) is 0 Å². The Bertz CT molecular complexity index is 388. The van der Waals surface area contributed by atoms with Gasteiger partial charge >= 0.3 is 0 Å². The molecule has 0 saturated carbocycles. The number of methoxy groups -OCH3 is 1. The van der Waals surface area contributed by atoms with E-state index in [2.05, 4.69) is 10.6 Å². The first-order valence-corrected chi connectivity index (χ1v) is 6.49. The molecule has 1 heterocycles. The predicted molar refractivity (Wildman–Crippen MR) is 76.2 cm³/mol. The molecule has 1 aromatic rings. The first-order chi connectivity index (χ1) is 8.78. The average molecular weight is 266 g/mol. The molecule has 98 valence electrons.